The fourth-order valence-corrected chi connectivity index (χ4v) is 4.57. The first-order valence-electron chi connectivity index (χ1n) is 10.8. The van der Waals surface area contributed by atoms with Gasteiger partial charge in [-0.05, 0) is 70.0 Å². The number of hydrogen-bond donors (Lipinski definition) is 0. The maximum Gasteiger partial charge on any atom is 0.127 e. The van der Waals surface area contributed by atoms with Gasteiger partial charge in [0.05, 0.1) is 12.2 Å². The second-order valence-corrected chi connectivity index (χ2v) is 9.28. The van der Waals surface area contributed by atoms with Crippen LogP contribution in [0.2, 0.25) is 5.02 Å². The average Bonchev–Trinajstić information content (AvgIpc) is 3.42. The molecule has 0 amide bonds. The second kappa shape index (κ2) is 8.98. The minimum absolute atomic E-state index is 0.685. The number of rotatable bonds is 8. The van der Waals surface area contributed by atoms with Crippen LogP contribution in [-0.4, -0.2) is 46.0 Å². The van der Waals surface area contributed by atoms with E-state index in [1.54, 1.807) is 0 Å². The molecule has 0 unspecified atom stereocenters. The molecule has 4 nitrogen and oxygen atoms in total. The number of nitrogens with zero attached hydrogens (tertiary/aromatic N) is 4. The minimum Gasteiger partial charge on any atom is -0.302 e. The van der Waals surface area contributed by atoms with E-state index >= 15 is 0 Å². The molecule has 0 aliphatic heterocycles. The van der Waals surface area contributed by atoms with Crippen molar-refractivity contribution in [3.8, 4) is 5.69 Å². The number of hydrogen-bond acceptors (Lipinski definition) is 3. The summed E-state index contributed by atoms with van der Waals surface area (Å²) in [6, 6.07) is 8.79. The van der Waals surface area contributed by atoms with Crippen LogP contribution in [0.1, 0.15) is 56.5 Å². The molecule has 0 bridgehead atoms. The zero-order valence-electron chi connectivity index (χ0n) is 17.3. The third kappa shape index (κ3) is 5.16. The molecular formula is C23H33ClN4. The molecule has 2 saturated carbocycles. The molecule has 2 aromatic rings. The molecule has 0 spiro atoms. The Morgan fingerprint density at radius 2 is 1.71 bits per heavy atom. The summed E-state index contributed by atoms with van der Waals surface area (Å²) in [6.07, 6.45) is 11.7. The van der Waals surface area contributed by atoms with Gasteiger partial charge in [-0.2, -0.15) is 0 Å². The first-order valence-corrected chi connectivity index (χ1v) is 11.2. The summed E-state index contributed by atoms with van der Waals surface area (Å²) in [5.41, 5.74) is 2.30. The molecule has 2 aliphatic rings. The predicted octanol–water partition coefficient (Wildman–Crippen LogP) is 5.13. The molecule has 1 aromatic carbocycles. The maximum atomic E-state index is 6.11. The third-order valence-electron chi connectivity index (χ3n) is 6.22. The van der Waals surface area contributed by atoms with Crippen LogP contribution >= 0.6 is 11.6 Å². The smallest absolute Gasteiger partial charge is 0.127 e. The molecule has 2 fully saturated rings. The van der Waals surface area contributed by atoms with Crippen molar-refractivity contribution < 1.29 is 0 Å². The topological polar surface area (TPSA) is 24.3 Å². The molecule has 1 aromatic heterocycles. The lowest BCUT2D eigenvalue weighted by molar-refractivity contribution is 0.180. The summed E-state index contributed by atoms with van der Waals surface area (Å²) >= 11 is 6.11. The van der Waals surface area contributed by atoms with E-state index in [2.05, 4.69) is 46.8 Å². The normalized spacial score (nSPS) is 18.3. The summed E-state index contributed by atoms with van der Waals surface area (Å²) in [6.45, 7) is 2.99. The highest BCUT2D eigenvalue weighted by Crippen LogP contribution is 2.30. The van der Waals surface area contributed by atoms with Crippen molar-refractivity contribution in [1.29, 1.82) is 0 Å². The lowest BCUT2D eigenvalue weighted by Crippen LogP contribution is -2.33. The quantitative estimate of drug-likeness (QED) is 0.613. The van der Waals surface area contributed by atoms with E-state index in [-0.39, 0.29) is 0 Å². The monoisotopic (exact) mass is 400 g/mol. The van der Waals surface area contributed by atoms with Crippen LogP contribution in [0, 0.1) is 5.92 Å². The van der Waals surface area contributed by atoms with Gasteiger partial charge >= 0.3 is 0 Å². The number of aromatic nitrogens is 2. The first kappa shape index (κ1) is 19.9. The highest BCUT2D eigenvalue weighted by molar-refractivity contribution is 6.30. The van der Waals surface area contributed by atoms with Crippen LogP contribution in [0.25, 0.3) is 5.69 Å². The van der Waals surface area contributed by atoms with Crippen molar-refractivity contribution in [2.45, 2.75) is 64.1 Å². The summed E-state index contributed by atoms with van der Waals surface area (Å²) in [5.74, 6) is 2.03. The fourth-order valence-electron chi connectivity index (χ4n) is 4.44. The molecule has 28 heavy (non-hydrogen) atoms. The van der Waals surface area contributed by atoms with Gasteiger partial charge in [0, 0.05) is 36.0 Å². The van der Waals surface area contributed by atoms with Gasteiger partial charge < -0.3 is 9.47 Å². The standard InChI is InChI=1S/C23H33ClN4/c1-26(14-18-8-9-18)15-20-16-28(22-12-10-19(24)11-13-22)23(25-20)17-27(2)21-6-4-3-5-7-21/h10-13,16,18,21H,3-9,14-15,17H2,1-2H3. The van der Waals surface area contributed by atoms with Crippen LogP contribution in [0.3, 0.4) is 0 Å². The Morgan fingerprint density at radius 3 is 2.39 bits per heavy atom. The Hall–Kier alpha value is -1.36. The van der Waals surface area contributed by atoms with E-state index in [9.17, 15) is 0 Å². The van der Waals surface area contributed by atoms with Gasteiger partial charge in [0.2, 0.25) is 0 Å². The molecule has 2 aliphatic carbocycles. The Balaban J connectivity index is 1.53. The first-order chi connectivity index (χ1) is 13.6. The third-order valence-corrected chi connectivity index (χ3v) is 6.47. The van der Waals surface area contributed by atoms with Crippen LogP contribution in [0.4, 0.5) is 0 Å². The molecule has 5 heteroatoms. The fraction of sp³-hybridized carbons (Fsp3) is 0.609. The van der Waals surface area contributed by atoms with E-state index in [1.165, 1.54) is 51.5 Å². The highest BCUT2D eigenvalue weighted by Gasteiger charge is 2.24. The molecule has 1 heterocycles. The second-order valence-electron chi connectivity index (χ2n) is 8.84. The van der Waals surface area contributed by atoms with Crippen molar-refractivity contribution in [1.82, 2.24) is 19.4 Å². The molecule has 0 N–H and O–H groups in total. The van der Waals surface area contributed by atoms with Gasteiger partial charge in [0.15, 0.2) is 0 Å². The zero-order chi connectivity index (χ0) is 19.5. The summed E-state index contributed by atoms with van der Waals surface area (Å²) in [4.78, 5) is 9.98. The van der Waals surface area contributed by atoms with Crippen molar-refractivity contribution in [2.75, 3.05) is 20.6 Å². The van der Waals surface area contributed by atoms with Crippen molar-refractivity contribution >= 4 is 11.6 Å². The molecule has 0 saturated heterocycles. The van der Waals surface area contributed by atoms with E-state index in [0.29, 0.717) is 6.04 Å². The lowest BCUT2D eigenvalue weighted by atomic mass is 9.94. The summed E-state index contributed by atoms with van der Waals surface area (Å²) in [7, 11) is 4.48. The van der Waals surface area contributed by atoms with Crippen LogP contribution < -0.4 is 0 Å². The Morgan fingerprint density at radius 1 is 1.00 bits per heavy atom. The van der Waals surface area contributed by atoms with E-state index in [1.807, 2.05) is 12.1 Å². The van der Waals surface area contributed by atoms with Gasteiger partial charge in [0.25, 0.3) is 0 Å². The largest absolute Gasteiger partial charge is 0.302 e. The Kier molecular flexibility index (Phi) is 6.39. The van der Waals surface area contributed by atoms with E-state index in [4.69, 9.17) is 16.6 Å². The van der Waals surface area contributed by atoms with Crippen molar-refractivity contribution in [3.63, 3.8) is 0 Å². The Bertz CT molecular complexity index is 759. The van der Waals surface area contributed by atoms with Crippen molar-refractivity contribution in [3.05, 3.63) is 47.0 Å². The van der Waals surface area contributed by atoms with Gasteiger partial charge in [-0.1, -0.05) is 30.9 Å². The zero-order valence-corrected chi connectivity index (χ0v) is 18.0. The summed E-state index contributed by atoms with van der Waals surface area (Å²) < 4.78 is 2.26. The minimum atomic E-state index is 0.685. The van der Waals surface area contributed by atoms with E-state index < -0.39 is 0 Å². The number of benzene rings is 1. The highest BCUT2D eigenvalue weighted by atomic mass is 35.5. The maximum absolute atomic E-state index is 6.11. The van der Waals surface area contributed by atoms with Gasteiger partial charge in [-0.3, -0.25) is 4.90 Å². The molecule has 4 rings (SSSR count). The predicted molar refractivity (Wildman–Crippen MR) is 116 cm³/mol. The van der Waals surface area contributed by atoms with Crippen LogP contribution in [-0.2, 0) is 13.1 Å². The van der Waals surface area contributed by atoms with Crippen LogP contribution in [0.15, 0.2) is 30.5 Å². The van der Waals surface area contributed by atoms with Gasteiger partial charge in [-0.25, -0.2) is 4.98 Å². The Labute approximate surface area is 174 Å². The van der Waals surface area contributed by atoms with Gasteiger partial charge in [0.1, 0.15) is 5.82 Å². The molecule has 0 radical (unpaired) electrons. The lowest BCUT2D eigenvalue weighted by Gasteiger charge is -2.31. The average molecular weight is 401 g/mol. The molecule has 152 valence electrons. The summed E-state index contributed by atoms with van der Waals surface area (Å²) in [5, 5.41) is 0.772. The van der Waals surface area contributed by atoms with Crippen molar-refractivity contribution in [2.24, 2.45) is 5.92 Å². The molecular weight excluding hydrogens is 368 g/mol. The molecule has 0 atom stereocenters. The number of halogens is 1. The SMILES string of the molecule is CN(Cc1cn(-c2ccc(Cl)cc2)c(CN(C)C2CCCCC2)n1)CC1CC1. The van der Waals surface area contributed by atoms with E-state index in [0.717, 1.165) is 41.2 Å². The van der Waals surface area contributed by atoms with Crippen LogP contribution in [0.5, 0.6) is 0 Å². The van der Waals surface area contributed by atoms with Gasteiger partial charge in [-0.15, -0.1) is 0 Å². The number of imidazole rings is 1.